The van der Waals surface area contributed by atoms with E-state index in [4.69, 9.17) is 9.47 Å². The first-order valence-electron chi connectivity index (χ1n) is 10.5. The molecule has 1 aliphatic heterocycles. The van der Waals surface area contributed by atoms with Gasteiger partial charge in [0.2, 0.25) is 11.8 Å². The van der Waals surface area contributed by atoms with E-state index in [0.717, 1.165) is 12.8 Å². The van der Waals surface area contributed by atoms with E-state index in [2.05, 4.69) is 25.3 Å². The molecule has 4 heterocycles. The number of hydrogen-bond donors (Lipinski definition) is 2. The van der Waals surface area contributed by atoms with Gasteiger partial charge in [-0.25, -0.2) is 19.6 Å². The first kappa shape index (κ1) is 24.3. The molecule has 11 nitrogen and oxygen atoms in total. The van der Waals surface area contributed by atoms with Crippen LogP contribution in [0.4, 0.5) is 16.4 Å². The van der Waals surface area contributed by atoms with E-state index in [-0.39, 0.29) is 30.2 Å². The average Bonchev–Trinajstić information content (AvgIpc) is 3.08. The molecular weight excluding hydrogens is 450 g/mol. The summed E-state index contributed by atoms with van der Waals surface area (Å²) in [6, 6.07) is 3.33. The summed E-state index contributed by atoms with van der Waals surface area (Å²) in [6.07, 6.45) is 4.30. The van der Waals surface area contributed by atoms with Crippen LogP contribution in [0.3, 0.4) is 0 Å². The van der Waals surface area contributed by atoms with Crippen molar-refractivity contribution in [1.29, 1.82) is 0 Å². The number of rotatable bonds is 4. The molecule has 12 heteroatoms. The second-order valence-electron chi connectivity index (χ2n) is 8.64. The molecule has 0 unspecified atom stereocenters. The number of pyridine rings is 1. The summed E-state index contributed by atoms with van der Waals surface area (Å²) in [5, 5.41) is 3.08. The van der Waals surface area contributed by atoms with Crippen molar-refractivity contribution in [3.05, 3.63) is 35.0 Å². The van der Waals surface area contributed by atoms with Gasteiger partial charge in [0.15, 0.2) is 5.65 Å². The lowest BCUT2D eigenvalue weighted by Gasteiger charge is -2.34. The summed E-state index contributed by atoms with van der Waals surface area (Å²) in [7, 11) is 1.53. The Morgan fingerprint density at radius 2 is 2.09 bits per heavy atom. The molecule has 0 spiro atoms. The van der Waals surface area contributed by atoms with Crippen LogP contribution in [-0.4, -0.2) is 61.3 Å². The first-order valence-corrected chi connectivity index (χ1v) is 10.5. The van der Waals surface area contributed by atoms with E-state index in [9.17, 15) is 9.59 Å². The minimum atomic E-state index is -0.581. The Hall–Kier alpha value is -3.34. The number of likely N-dealkylation sites (tertiary alicyclic amines) is 1. The largest absolute Gasteiger partial charge is 0.480 e. The molecular formula is C21H28ClN7O4. The van der Waals surface area contributed by atoms with Gasteiger partial charge in [0.25, 0.3) is 0 Å². The second-order valence-corrected chi connectivity index (χ2v) is 8.64. The van der Waals surface area contributed by atoms with Crippen LogP contribution in [0.1, 0.15) is 39.7 Å². The van der Waals surface area contributed by atoms with Crippen molar-refractivity contribution >= 4 is 41.3 Å². The Morgan fingerprint density at radius 3 is 2.82 bits per heavy atom. The number of aromatic amines is 1. The minimum absolute atomic E-state index is 0. The van der Waals surface area contributed by atoms with Gasteiger partial charge in [-0.15, -0.1) is 12.4 Å². The van der Waals surface area contributed by atoms with E-state index in [0.29, 0.717) is 41.8 Å². The number of carbonyl (C=O) groups is 1. The molecule has 1 aliphatic rings. The number of H-pyrrole nitrogens is 1. The SMILES string of the molecule is COc1ncccc1Nc1ncc2[nH]c(=O)n([C@H]3CCCN(C(=O)OC(C)(C)C)C3)c2n1.Cl. The summed E-state index contributed by atoms with van der Waals surface area (Å²) < 4.78 is 12.4. The number of nitrogens with one attached hydrogen (secondary N) is 2. The second kappa shape index (κ2) is 9.65. The topological polar surface area (TPSA) is 127 Å². The highest BCUT2D eigenvalue weighted by atomic mass is 35.5. The number of anilines is 2. The van der Waals surface area contributed by atoms with Gasteiger partial charge in [0, 0.05) is 19.3 Å². The Morgan fingerprint density at radius 1 is 1.30 bits per heavy atom. The van der Waals surface area contributed by atoms with E-state index in [1.54, 1.807) is 34.0 Å². The predicted octanol–water partition coefficient (Wildman–Crippen LogP) is 3.26. The number of hydrogen-bond acceptors (Lipinski definition) is 8. The van der Waals surface area contributed by atoms with Crippen LogP contribution in [0.25, 0.3) is 11.2 Å². The number of imidazole rings is 1. The number of nitrogens with zero attached hydrogens (tertiary/aromatic N) is 5. The molecule has 0 radical (unpaired) electrons. The zero-order chi connectivity index (χ0) is 22.9. The van der Waals surface area contributed by atoms with Gasteiger partial charge in [-0.2, -0.15) is 4.98 Å². The summed E-state index contributed by atoms with van der Waals surface area (Å²) in [5.41, 5.74) is 0.719. The number of amides is 1. The van der Waals surface area contributed by atoms with Gasteiger partial charge >= 0.3 is 11.8 Å². The van der Waals surface area contributed by atoms with Gasteiger partial charge in [-0.3, -0.25) is 4.57 Å². The van der Waals surface area contributed by atoms with Gasteiger partial charge in [0.1, 0.15) is 16.8 Å². The van der Waals surface area contributed by atoms with Crippen molar-refractivity contribution in [3.63, 3.8) is 0 Å². The van der Waals surface area contributed by atoms with Crippen LogP contribution in [-0.2, 0) is 4.74 Å². The third kappa shape index (κ3) is 5.36. The number of aromatic nitrogens is 5. The average molecular weight is 478 g/mol. The standard InChI is InChI=1S/C21H27N7O4.ClH/c1-21(2,3)32-20(30)27-10-6-7-13(12-27)28-16-15(25-19(28)29)11-23-18(26-16)24-14-8-5-9-22-17(14)31-4;/h5,8-9,11,13H,6-7,10,12H2,1-4H3,(H,25,29)(H,23,24,26);1H/t13-;/m0./s1. The van der Waals surface area contributed by atoms with Gasteiger partial charge in [-0.05, 0) is 45.7 Å². The lowest BCUT2D eigenvalue weighted by atomic mass is 10.1. The Labute approximate surface area is 196 Å². The normalized spacial score (nSPS) is 16.2. The number of methoxy groups -OCH3 is 1. The van der Waals surface area contributed by atoms with Crippen molar-refractivity contribution in [2.24, 2.45) is 0 Å². The van der Waals surface area contributed by atoms with Crippen LogP contribution in [0.5, 0.6) is 5.88 Å². The summed E-state index contributed by atoms with van der Waals surface area (Å²) in [5.74, 6) is 0.708. The minimum Gasteiger partial charge on any atom is -0.480 e. The number of carbonyl (C=O) groups excluding carboxylic acids is 1. The third-order valence-electron chi connectivity index (χ3n) is 5.08. The summed E-state index contributed by atoms with van der Waals surface area (Å²) in [4.78, 5) is 42.8. The highest BCUT2D eigenvalue weighted by Gasteiger charge is 2.30. The van der Waals surface area contributed by atoms with Crippen LogP contribution in [0, 0.1) is 0 Å². The van der Waals surface area contributed by atoms with Crippen molar-refractivity contribution in [1.82, 2.24) is 29.4 Å². The fraction of sp³-hybridized carbons (Fsp3) is 0.476. The lowest BCUT2D eigenvalue weighted by Crippen LogP contribution is -2.44. The zero-order valence-electron chi connectivity index (χ0n) is 19.0. The van der Waals surface area contributed by atoms with E-state index in [1.165, 1.54) is 7.11 Å². The van der Waals surface area contributed by atoms with Crippen LogP contribution < -0.4 is 15.7 Å². The van der Waals surface area contributed by atoms with E-state index >= 15 is 0 Å². The Bertz CT molecular complexity index is 1190. The number of fused-ring (bicyclic) bond motifs is 1. The van der Waals surface area contributed by atoms with Crippen molar-refractivity contribution in [2.45, 2.75) is 45.3 Å². The van der Waals surface area contributed by atoms with Gasteiger partial charge < -0.3 is 24.7 Å². The third-order valence-corrected chi connectivity index (χ3v) is 5.08. The lowest BCUT2D eigenvalue weighted by molar-refractivity contribution is 0.0172. The molecule has 2 N–H and O–H groups in total. The molecule has 3 aromatic rings. The van der Waals surface area contributed by atoms with Crippen molar-refractivity contribution in [3.8, 4) is 5.88 Å². The molecule has 4 rings (SSSR count). The maximum atomic E-state index is 12.8. The molecule has 0 saturated carbocycles. The quantitative estimate of drug-likeness (QED) is 0.586. The number of piperidine rings is 1. The van der Waals surface area contributed by atoms with Crippen molar-refractivity contribution < 1.29 is 14.3 Å². The van der Waals surface area contributed by atoms with Gasteiger partial charge in [0.05, 0.1) is 19.3 Å². The molecule has 1 amide bonds. The maximum absolute atomic E-state index is 12.8. The van der Waals surface area contributed by atoms with Crippen LogP contribution in [0.15, 0.2) is 29.3 Å². The fourth-order valence-corrected chi connectivity index (χ4v) is 3.74. The van der Waals surface area contributed by atoms with Crippen LogP contribution in [0.2, 0.25) is 0 Å². The highest BCUT2D eigenvalue weighted by molar-refractivity contribution is 5.85. The monoisotopic (exact) mass is 477 g/mol. The highest BCUT2D eigenvalue weighted by Crippen LogP contribution is 2.26. The molecule has 0 aromatic carbocycles. The number of ether oxygens (including phenoxy) is 2. The smallest absolute Gasteiger partial charge is 0.410 e. The molecule has 1 atom stereocenters. The summed E-state index contributed by atoms with van der Waals surface area (Å²) >= 11 is 0. The van der Waals surface area contributed by atoms with Crippen LogP contribution >= 0.6 is 12.4 Å². The molecule has 0 aliphatic carbocycles. The summed E-state index contributed by atoms with van der Waals surface area (Å²) in [6.45, 7) is 6.45. The molecule has 178 valence electrons. The fourth-order valence-electron chi connectivity index (χ4n) is 3.74. The van der Waals surface area contributed by atoms with Gasteiger partial charge in [-0.1, -0.05) is 0 Å². The zero-order valence-corrected chi connectivity index (χ0v) is 19.8. The predicted molar refractivity (Wildman–Crippen MR) is 126 cm³/mol. The molecule has 3 aromatic heterocycles. The van der Waals surface area contributed by atoms with Crippen molar-refractivity contribution in [2.75, 3.05) is 25.5 Å². The molecule has 1 saturated heterocycles. The molecule has 33 heavy (non-hydrogen) atoms. The number of halogens is 1. The molecule has 0 bridgehead atoms. The van der Waals surface area contributed by atoms with E-state index < -0.39 is 5.60 Å². The Kier molecular flexibility index (Phi) is 7.11. The first-order chi connectivity index (χ1) is 15.2. The Balaban J connectivity index is 0.00000306. The maximum Gasteiger partial charge on any atom is 0.410 e. The molecule has 1 fully saturated rings. The van der Waals surface area contributed by atoms with E-state index in [1.807, 2.05) is 20.8 Å².